The summed E-state index contributed by atoms with van der Waals surface area (Å²) < 4.78 is 25.5. The zero-order valence-electron chi connectivity index (χ0n) is 12.1. The number of hydrogen-bond donors (Lipinski definition) is 3. The quantitative estimate of drug-likeness (QED) is 0.594. The largest absolute Gasteiger partial charge is 0.331 e. The summed E-state index contributed by atoms with van der Waals surface area (Å²) in [6.07, 6.45) is 0.726. The van der Waals surface area contributed by atoms with Gasteiger partial charge >= 0.3 is 0 Å². The number of amides is 1. The van der Waals surface area contributed by atoms with Crippen molar-refractivity contribution in [2.75, 3.05) is 5.32 Å². The maximum atomic E-state index is 12.8. The molecule has 2 rings (SSSR count). The Labute approximate surface area is 137 Å². The Kier molecular flexibility index (Phi) is 5.99. The molecule has 0 unspecified atom stereocenters. The fourth-order valence-corrected chi connectivity index (χ4v) is 1.96. The Balaban J connectivity index is 1.70. The van der Waals surface area contributed by atoms with E-state index < -0.39 is 0 Å². The first-order chi connectivity index (χ1) is 11.0. The van der Waals surface area contributed by atoms with Crippen LogP contribution < -0.4 is 16.2 Å². The van der Waals surface area contributed by atoms with E-state index >= 15 is 0 Å². The first-order valence-electron chi connectivity index (χ1n) is 6.89. The Hall–Kier alpha value is -2.54. The molecule has 3 N–H and O–H groups in total. The predicted octanol–water partition coefficient (Wildman–Crippen LogP) is 2.92. The summed E-state index contributed by atoms with van der Waals surface area (Å²) in [5, 5.41) is 2.99. The molecule has 0 saturated heterocycles. The number of nitrogens with one attached hydrogen (secondary N) is 3. The Bertz CT molecular complexity index is 675. The molecule has 2 aromatic carbocycles. The van der Waals surface area contributed by atoms with Gasteiger partial charge in [-0.05, 0) is 60.6 Å². The molecule has 7 heteroatoms. The molecule has 0 aliphatic heterocycles. The summed E-state index contributed by atoms with van der Waals surface area (Å²) in [6, 6.07) is 11.6. The number of aryl methyl sites for hydroxylation is 1. The van der Waals surface area contributed by atoms with Crippen LogP contribution in [0.25, 0.3) is 0 Å². The van der Waals surface area contributed by atoms with Crippen LogP contribution in [0.1, 0.15) is 12.0 Å². The number of carbonyl (C=O) groups excluding carboxylic acids is 1. The molecule has 2 aromatic rings. The monoisotopic (exact) mass is 335 g/mol. The Morgan fingerprint density at radius 3 is 2.09 bits per heavy atom. The normalized spacial score (nSPS) is 10.0. The summed E-state index contributed by atoms with van der Waals surface area (Å²) >= 11 is 5.01. The molecule has 23 heavy (non-hydrogen) atoms. The van der Waals surface area contributed by atoms with Gasteiger partial charge in [-0.15, -0.1) is 0 Å². The van der Waals surface area contributed by atoms with E-state index in [-0.39, 0.29) is 29.1 Å². The number of rotatable bonds is 4. The average molecular weight is 335 g/mol. The maximum absolute atomic E-state index is 12.8. The highest BCUT2D eigenvalue weighted by Gasteiger charge is 2.04. The van der Waals surface area contributed by atoms with Gasteiger partial charge in [-0.3, -0.25) is 15.6 Å². The number of carbonyl (C=O) groups is 1. The van der Waals surface area contributed by atoms with Crippen LogP contribution in [-0.4, -0.2) is 11.0 Å². The lowest BCUT2D eigenvalue weighted by atomic mass is 10.1. The average Bonchev–Trinajstić information content (AvgIpc) is 2.54. The van der Waals surface area contributed by atoms with Crippen molar-refractivity contribution >= 4 is 28.9 Å². The molecule has 0 bridgehead atoms. The van der Waals surface area contributed by atoms with Crippen molar-refractivity contribution in [3.05, 3.63) is 65.7 Å². The lowest BCUT2D eigenvalue weighted by molar-refractivity contribution is -0.121. The maximum Gasteiger partial charge on any atom is 0.238 e. The van der Waals surface area contributed by atoms with E-state index in [1.165, 1.54) is 36.4 Å². The number of benzene rings is 2. The van der Waals surface area contributed by atoms with Gasteiger partial charge in [0, 0.05) is 12.1 Å². The highest BCUT2D eigenvalue weighted by Crippen LogP contribution is 2.08. The van der Waals surface area contributed by atoms with Gasteiger partial charge in [0.05, 0.1) is 0 Å². The second-order valence-electron chi connectivity index (χ2n) is 4.76. The van der Waals surface area contributed by atoms with E-state index in [1.807, 2.05) is 0 Å². The van der Waals surface area contributed by atoms with E-state index in [1.54, 1.807) is 12.1 Å². The lowest BCUT2D eigenvalue weighted by Gasteiger charge is -2.11. The molecule has 0 radical (unpaired) electrons. The van der Waals surface area contributed by atoms with Crippen LogP contribution in [-0.2, 0) is 11.2 Å². The van der Waals surface area contributed by atoms with Gasteiger partial charge in [0.15, 0.2) is 5.11 Å². The zero-order chi connectivity index (χ0) is 16.7. The molecule has 0 aliphatic carbocycles. The van der Waals surface area contributed by atoms with E-state index in [0.29, 0.717) is 12.1 Å². The number of hydrazine groups is 1. The number of hydrogen-bond acceptors (Lipinski definition) is 2. The molecule has 0 spiro atoms. The van der Waals surface area contributed by atoms with Gasteiger partial charge in [0.25, 0.3) is 0 Å². The molecule has 0 aliphatic rings. The SMILES string of the molecule is O=C(CCc1ccc(F)cc1)NNC(=S)Nc1ccc(F)cc1. The molecule has 0 aromatic heterocycles. The fraction of sp³-hybridized carbons (Fsp3) is 0.125. The van der Waals surface area contributed by atoms with Crippen LogP contribution >= 0.6 is 12.2 Å². The van der Waals surface area contributed by atoms with E-state index in [2.05, 4.69) is 16.2 Å². The zero-order valence-corrected chi connectivity index (χ0v) is 12.9. The summed E-state index contributed by atoms with van der Waals surface area (Å²) in [5.41, 5.74) is 6.48. The molecule has 0 fully saturated rings. The van der Waals surface area contributed by atoms with Crippen molar-refractivity contribution in [3.8, 4) is 0 Å². The van der Waals surface area contributed by atoms with Gasteiger partial charge in [-0.2, -0.15) is 0 Å². The third-order valence-corrected chi connectivity index (χ3v) is 3.18. The third-order valence-electron chi connectivity index (χ3n) is 2.97. The first kappa shape index (κ1) is 16.8. The minimum absolute atomic E-state index is 0.187. The van der Waals surface area contributed by atoms with Crippen molar-refractivity contribution in [1.29, 1.82) is 0 Å². The van der Waals surface area contributed by atoms with Crippen LogP contribution in [0.4, 0.5) is 14.5 Å². The lowest BCUT2D eigenvalue weighted by Crippen LogP contribution is -2.43. The Morgan fingerprint density at radius 1 is 0.913 bits per heavy atom. The summed E-state index contributed by atoms with van der Waals surface area (Å²) in [7, 11) is 0. The fourth-order valence-electron chi connectivity index (χ4n) is 1.79. The molecular formula is C16H15F2N3OS. The van der Waals surface area contributed by atoms with Crippen molar-refractivity contribution < 1.29 is 13.6 Å². The number of halogens is 2. The van der Waals surface area contributed by atoms with Crippen LogP contribution in [0.3, 0.4) is 0 Å². The highest BCUT2D eigenvalue weighted by atomic mass is 32.1. The van der Waals surface area contributed by atoms with Crippen molar-refractivity contribution in [1.82, 2.24) is 10.9 Å². The van der Waals surface area contributed by atoms with Crippen LogP contribution in [0.2, 0.25) is 0 Å². The minimum Gasteiger partial charge on any atom is -0.331 e. The minimum atomic E-state index is -0.344. The first-order valence-corrected chi connectivity index (χ1v) is 7.29. The van der Waals surface area contributed by atoms with Crippen LogP contribution in [0, 0.1) is 11.6 Å². The van der Waals surface area contributed by atoms with Crippen molar-refractivity contribution in [2.24, 2.45) is 0 Å². The molecule has 4 nitrogen and oxygen atoms in total. The smallest absolute Gasteiger partial charge is 0.238 e. The molecule has 120 valence electrons. The topological polar surface area (TPSA) is 53.2 Å². The Morgan fingerprint density at radius 2 is 1.48 bits per heavy atom. The summed E-state index contributed by atoms with van der Waals surface area (Å²) in [6.45, 7) is 0. The molecule has 0 saturated carbocycles. The van der Waals surface area contributed by atoms with Gasteiger partial charge in [-0.25, -0.2) is 8.78 Å². The van der Waals surface area contributed by atoms with Crippen LogP contribution in [0.15, 0.2) is 48.5 Å². The van der Waals surface area contributed by atoms with E-state index in [9.17, 15) is 13.6 Å². The molecule has 1 amide bonds. The van der Waals surface area contributed by atoms with E-state index in [4.69, 9.17) is 12.2 Å². The number of anilines is 1. The van der Waals surface area contributed by atoms with Gasteiger partial charge in [-0.1, -0.05) is 12.1 Å². The second-order valence-corrected chi connectivity index (χ2v) is 5.17. The van der Waals surface area contributed by atoms with Gasteiger partial charge < -0.3 is 5.32 Å². The summed E-state index contributed by atoms with van der Waals surface area (Å²) in [5.74, 6) is -0.904. The van der Waals surface area contributed by atoms with Crippen molar-refractivity contribution in [3.63, 3.8) is 0 Å². The second kappa shape index (κ2) is 8.19. The van der Waals surface area contributed by atoms with Gasteiger partial charge in [0.2, 0.25) is 5.91 Å². The van der Waals surface area contributed by atoms with Gasteiger partial charge in [0.1, 0.15) is 11.6 Å². The molecule has 0 heterocycles. The molecule has 0 atom stereocenters. The van der Waals surface area contributed by atoms with Crippen molar-refractivity contribution in [2.45, 2.75) is 12.8 Å². The highest BCUT2D eigenvalue weighted by molar-refractivity contribution is 7.80. The predicted molar refractivity (Wildman–Crippen MR) is 88.6 cm³/mol. The number of thiocarbonyl (C=S) groups is 1. The summed E-state index contributed by atoms with van der Waals surface area (Å²) in [4.78, 5) is 11.7. The van der Waals surface area contributed by atoms with E-state index in [0.717, 1.165) is 5.56 Å². The standard InChI is InChI=1S/C16H15F2N3OS/c17-12-4-1-11(2-5-12)3-10-15(22)20-21-16(23)19-14-8-6-13(18)7-9-14/h1-2,4-9H,3,10H2,(H,20,22)(H2,19,21,23). The third kappa shape index (κ3) is 5.99. The van der Waals surface area contributed by atoms with Crippen LogP contribution in [0.5, 0.6) is 0 Å². The molecular weight excluding hydrogens is 320 g/mol.